The topological polar surface area (TPSA) is 192 Å². The lowest BCUT2D eigenvalue weighted by Gasteiger charge is -2.42. The molecule has 1 fully saturated rings. The molecule has 0 bridgehead atoms. The fourth-order valence-electron chi connectivity index (χ4n) is 4.74. The predicted molar refractivity (Wildman–Crippen MR) is 202 cm³/mol. The summed E-state index contributed by atoms with van der Waals surface area (Å²) in [5.41, 5.74) is 21.7. The minimum absolute atomic E-state index is 0. The number of anilines is 2. The summed E-state index contributed by atoms with van der Waals surface area (Å²) in [6, 6.07) is 8.62. The maximum absolute atomic E-state index is 9.52. The zero-order valence-electron chi connectivity index (χ0n) is 25.5. The lowest BCUT2D eigenvalue weighted by atomic mass is 9.73. The number of nitrogens with one attached hydrogen (secondary N) is 1. The van der Waals surface area contributed by atoms with Crippen molar-refractivity contribution in [2.45, 2.75) is 31.9 Å². The van der Waals surface area contributed by atoms with Crippen molar-refractivity contribution in [3.63, 3.8) is 0 Å². The zero-order chi connectivity index (χ0) is 34.9. The van der Waals surface area contributed by atoms with E-state index in [4.69, 9.17) is 34.8 Å². The van der Waals surface area contributed by atoms with Gasteiger partial charge >= 0.3 is 0 Å². The molecule has 2 aliphatic rings. The van der Waals surface area contributed by atoms with Crippen molar-refractivity contribution in [2.75, 3.05) is 23.7 Å². The molecular formula is C36H46N10O2. The fraction of sp³-hybridized carbons (Fsp3) is 0.222. The van der Waals surface area contributed by atoms with E-state index in [2.05, 4.69) is 150 Å². The van der Waals surface area contributed by atoms with Gasteiger partial charge < -0.3 is 21.5 Å². The number of terminal acetylenes is 2. The van der Waals surface area contributed by atoms with Gasteiger partial charge in [0.1, 0.15) is 16.8 Å². The third-order valence-corrected chi connectivity index (χ3v) is 6.72. The summed E-state index contributed by atoms with van der Waals surface area (Å²) in [7, 11) is 0. The predicted octanol–water partition coefficient (Wildman–Crippen LogP) is 5.20. The van der Waals surface area contributed by atoms with Crippen molar-refractivity contribution in [1.29, 1.82) is 5.53 Å². The number of nitroso groups, excluding NO2 is 1. The van der Waals surface area contributed by atoms with Crippen LogP contribution in [0.3, 0.4) is 0 Å². The molecule has 12 heteroatoms. The number of nitrogen functional groups attached to an aromatic ring is 1. The number of aromatic nitrogens is 2. The Morgan fingerprint density at radius 3 is 1.88 bits per heavy atom. The number of fused-ring (bicyclic) bond motifs is 1. The Bertz CT molecular complexity index is 2010. The molecule has 1 atom stereocenters. The van der Waals surface area contributed by atoms with Crippen molar-refractivity contribution >= 4 is 11.6 Å². The summed E-state index contributed by atoms with van der Waals surface area (Å²) in [6.45, 7) is 1.58. The highest BCUT2D eigenvalue weighted by molar-refractivity contribution is 5.49. The first-order valence-corrected chi connectivity index (χ1v) is 13.8. The number of benzene rings is 1. The average molecular weight is 651 g/mol. The molecule has 1 saturated heterocycles. The van der Waals surface area contributed by atoms with Gasteiger partial charge in [-0.05, 0) is 141 Å². The summed E-state index contributed by atoms with van der Waals surface area (Å²) in [5.74, 6) is 39.3. The molecule has 0 amide bonds. The highest BCUT2D eigenvalue weighted by atomic mass is 16.3. The first-order chi connectivity index (χ1) is 23.5. The van der Waals surface area contributed by atoms with Gasteiger partial charge in [-0.25, -0.2) is 4.98 Å². The van der Waals surface area contributed by atoms with Crippen molar-refractivity contribution in [1.82, 2.24) is 9.97 Å². The van der Waals surface area contributed by atoms with Crippen LogP contribution in [0.15, 0.2) is 51.4 Å². The fourth-order valence-corrected chi connectivity index (χ4v) is 4.74. The highest BCUT2D eigenvalue weighted by Gasteiger charge is 2.46. The summed E-state index contributed by atoms with van der Waals surface area (Å²) in [5, 5.41) is 18.7. The van der Waals surface area contributed by atoms with Gasteiger partial charge in [0.25, 0.3) is 0 Å². The molecule has 1 spiro atoms. The van der Waals surface area contributed by atoms with Gasteiger partial charge in [0, 0.05) is 38.6 Å². The Morgan fingerprint density at radius 1 is 0.917 bits per heavy atom. The van der Waals surface area contributed by atoms with Gasteiger partial charge in [-0.2, -0.15) is 5.53 Å². The second-order valence-corrected chi connectivity index (χ2v) is 9.33. The van der Waals surface area contributed by atoms with E-state index in [1.165, 1.54) is 17.3 Å². The van der Waals surface area contributed by atoms with E-state index in [0.29, 0.717) is 17.3 Å². The van der Waals surface area contributed by atoms with Crippen LogP contribution in [0.1, 0.15) is 50.0 Å². The summed E-state index contributed by atoms with van der Waals surface area (Å²) >= 11 is 0. The van der Waals surface area contributed by atoms with E-state index < -0.39 is 0 Å². The largest absolute Gasteiger partial charge is 0.390 e. The molecule has 1 aliphatic heterocycles. The molecule has 252 valence electrons. The third-order valence-electron chi connectivity index (χ3n) is 6.72. The van der Waals surface area contributed by atoms with Gasteiger partial charge in [0.05, 0.1) is 12.8 Å². The standard InChI is InChI=1S/C18H23N5O.C18H2.HN5O.10H2/c19-15-10-21-14(11-24)17(22-15)23-7-5-18(6-8-23)9-12-3-1-2-4-13(12)16(18)20;1-3-5-7-9-11-13-15-17-18-16-14-12-10-8-6-4-2;1-2-3-4-5-6;;;;;;;;;;/h1-4,10,16,24H,5-9,11,20H2,(H2,19,22);1-2H;1H;10*1H/b;;2-1?,4-3+;;;;;;;;;;/t16-;;;;;;;;;;;;/m1............/s1. The maximum Gasteiger partial charge on any atom is 0.155 e. The first-order valence-electron chi connectivity index (χ1n) is 13.8. The molecule has 4 rings (SSSR count). The molecule has 0 saturated carbocycles. The van der Waals surface area contributed by atoms with Crippen LogP contribution < -0.4 is 16.4 Å². The van der Waals surface area contributed by atoms with Gasteiger partial charge in [-0.1, -0.05) is 24.3 Å². The van der Waals surface area contributed by atoms with Crippen LogP contribution in [-0.4, -0.2) is 28.2 Å². The van der Waals surface area contributed by atoms with Crippen molar-refractivity contribution in [2.24, 2.45) is 32.1 Å². The van der Waals surface area contributed by atoms with Gasteiger partial charge in [0.15, 0.2) is 5.82 Å². The Balaban J connectivity index is -0.0000000921. The molecule has 1 aliphatic carbocycles. The van der Waals surface area contributed by atoms with Gasteiger partial charge in [-0.15, -0.1) is 17.8 Å². The Kier molecular flexibility index (Phi) is 16.4. The van der Waals surface area contributed by atoms with Crippen LogP contribution >= 0.6 is 0 Å². The normalized spacial score (nSPS) is 13.4. The Labute approximate surface area is 294 Å². The third kappa shape index (κ3) is 12.0. The lowest BCUT2D eigenvalue weighted by Crippen LogP contribution is -2.45. The number of rotatable bonds is 4. The van der Waals surface area contributed by atoms with Gasteiger partial charge in [-0.3, -0.25) is 4.98 Å². The van der Waals surface area contributed by atoms with Gasteiger partial charge in [0.2, 0.25) is 0 Å². The molecule has 1 aromatic heterocycles. The van der Waals surface area contributed by atoms with Crippen molar-refractivity contribution in [3.8, 4) is 108 Å². The molecule has 48 heavy (non-hydrogen) atoms. The Morgan fingerprint density at radius 2 is 1.44 bits per heavy atom. The van der Waals surface area contributed by atoms with E-state index in [1.54, 1.807) is 0 Å². The molecule has 2 heterocycles. The average Bonchev–Trinajstić information content (AvgIpc) is 3.38. The van der Waals surface area contributed by atoms with Crippen molar-refractivity contribution < 1.29 is 19.4 Å². The summed E-state index contributed by atoms with van der Waals surface area (Å²) < 4.78 is 0. The number of piperidine rings is 1. The molecule has 1 aromatic carbocycles. The summed E-state index contributed by atoms with van der Waals surface area (Å²) in [6.07, 6.45) is 14.3. The second kappa shape index (κ2) is 21.4. The minimum atomic E-state index is -0.130. The van der Waals surface area contributed by atoms with Crippen LogP contribution in [0.5, 0.6) is 0 Å². The van der Waals surface area contributed by atoms with E-state index in [0.717, 1.165) is 32.4 Å². The molecule has 0 unspecified atom stereocenters. The van der Waals surface area contributed by atoms with E-state index in [9.17, 15) is 5.11 Å². The summed E-state index contributed by atoms with van der Waals surface area (Å²) in [4.78, 5) is 19.7. The Hall–Kier alpha value is -7.34. The number of nitrogens with zero attached hydrogens (tertiary/aromatic N) is 7. The highest BCUT2D eigenvalue weighted by Crippen LogP contribution is 2.51. The molecular weight excluding hydrogens is 604 g/mol. The van der Waals surface area contributed by atoms with Crippen LogP contribution in [0.2, 0.25) is 0 Å². The van der Waals surface area contributed by atoms with Crippen LogP contribution in [0.4, 0.5) is 11.6 Å². The number of aliphatic hydroxyl groups excluding tert-OH is 1. The van der Waals surface area contributed by atoms with Crippen LogP contribution in [0.25, 0.3) is 0 Å². The zero-order valence-corrected chi connectivity index (χ0v) is 25.5. The number of nitrogens with two attached hydrogens (primary N) is 2. The second-order valence-electron chi connectivity index (χ2n) is 9.33. The monoisotopic (exact) mass is 650 g/mol. The molecule has 2 aromatic rings. The first kappa shape index (κ1) is 36.8. The van der Waals surface area contributed by atoms with E-state index in [1.807, 2.05) is 5.29 Å². The van der Waals surface area contributed by atoms with E-state index in [-0.39, 0.29) is 32.3 Å². The smallest absolute Gasteiger partial charge is 0.155 e. The van der Waals surface area contributed by atoms with Crippen LogP contribution in [-0.2, 0) is 13.0 Å². The number of aliphatic hydroxyl groups is 1. The number of hydrogen-bond acceptors (Lipinski definition) is 8. The molecule has 6 N–H and O–H groups in total. The van der Waals surface area contributed by atoms with Crippen LogP contribution in [0, 0.1) is 123 Å². The quantitative estimate of drug-likeness (QED) is 0.151. The lowest BCUT2D eigenvalue weighted by molar-refractivity contribution is 0.187. The molecule has 0 radical (unpaired) electrons. The van der Waals surface area contributed by atoms with Crippen molar-refractivity contribution in [3.05, 3.63) is 52.2 Å². The maximum atomic E-state index is 9.52. The number of hydrogen-bond donors (Lipinski definition) is 4. The minimum Gasteiger partial charge on any atom is -0.390 e. The SMILES string of the molecule is C#CC#CC#CC#CC#CC#CC#CC#CC#C.N=N/N=N/N=O.Nc1cnc(CO)c(N2CCC3(CC2)Cc2ccccc2[C@H]3N)n1.[HH].[HH].[HH].[HH].[HH].[HH].[HH].[HH].[HH].[HH]. The molecule has 12 nitrogen and oxygen atoms in total. The van der Waals surface area contributed by atoms with E-state index >= 15 is 0 Å².